The third kappa shape index (κ3) is 2.61. The molecule has 0 bridgehead atoms. The first-order valence-corrected chi connectivity index (χ1v) is 6.51. The Bertz CT molecular complexity index is 636. The van der Waals surface area contributed by atoms with Crippen LogP contribution in [0.5, 0.6) is 0 Å². The van der Waals surface area contributed by atoms with Crippen molar-refractivity contribution >= 4 is 11.4 Å². The summed E-state index contributed by atoms with van der Waals surface area (Å²) < 4.78 is 1.67. The Hall–Kier alpha value is -2.44. The number of benzene rings is 1. The molecule has 0 fully saturated rings. The summed E-state index contributed by atoms with van der Waals surface area (Å²) in [5.74, 6) is 1.53. The molecule has 0 unspecified atom stereocenters. The lowest BCUT2D eigenvalue weighted by atomic mass is 10.2. The van der Waals surface area contributed by atoms with Gasteiger partial charge in [-0.25, -0.2) is 9.67 Å². The number of rotatable bonds is 5. The molecule has 7 nitrogen and oxygen atoms in total. The highest BCUT2D eigenvalue weighted by atomic mass is 16.6. The van der Waals surface area contributed by atoms with Crippen molar-refractivity contribution in [2.24, 2.45) is 0 Å². The van der Waals surface area contributed by atoms with Gasteiger partial charge in [0.2, 0.25) is 0 Å². The maximum absolute atomic E-state index is 11.0. The number of nitro benzene ring substituents is 1. The molecule has 20 heavy (non-hydrogen) atoms. The summed E-state index contributed by atoms with van der Waals surface area (Å²) in [5, 5.41) is 18.3. The first kappa shape index (κ1) is 14.0. The summed E-state index contributed by atoms with van der Waals surface area (Å²) in [6.07, 6.45) is 1.44. The number of non-ortho nitro benzene ring substituents is 1. The molecule has 1 N–H and O–H groups in total. The fourth-order valence-corrected chi connectivity index (χ4v) is 1.94. The first-order valence-electron chi connectivity index (χ1n) is 6.51. The van der Waals surface area contributed by atoms with Crippen LogP contribution in [0, 0.1) is 10.1 Å². The fourth-order valence-electron chi connectivity index (χ4n) is 1.94. The monoisotopic (exact) mass is 275 g/mol. The van der Waals surface area contributed by atoms with Gasteiger partial charge in [0.15, 0.2) is 5.82 Å². The van der Waals surface area contributed by atoms with Gasteiger partial charge in [-0.3, -0.25) is 10.1 Å². The summed E-state index contributed by atoms with van der Waals surface area (Å²) in [7, 11) is 1.72. The molecule has 0 radical (unpaired) electrons. The van der Waals surface area contributed by atoms with Crippen molar-refractivity contribution in [2.75, 3.05) is 12.4 Å². The lowest BCUT2D eigenvalue weighted by Crippen LogP contribution is -2.04. The molecule has 0 aliphatic carbocycles. The predicted octanol–water partition coefficient (Wildman–Crippen LogP) is 2.34. The molecule has 0 atom stereocenters. The van der Waals surface area contributed by atoms with Crippen molar-refractivity contribution in [1.29, 1.82) is 0 Å². The number of nitrogens with zero attached hydrogens (tertiary/aromatic N) is 4. The molecule has 1 aromatic carbocycles. The zero-order chi connectivity index (χ0) is 14.7. The van der Waals surface area contributed by atoms with E-state index >= 15 is 0 Å². The van der Waals surface area contributed by atoms with Crippen molar-refractivity contribution < 1.29 is 4.92 Å². The van der Waals surface area contributed by atoms with Gasteiger partial charge in [-0.2, -0.15) is 5.10 Å². The molecule has 0 aliphatic rings. The first-order chi connectivity index (χ1) is 9.58. The smallest absolute Gasteiger partial charge is 0.273 e. The fraction of sp³-hybridized carbons (Fsp3) is 0.385. The van der Waals surface area contributed by atoms with Crippen molar-refractivity contribution in [2.45, 2.75) is 26.7 Å². The van der Waals surface area contributed by atoms with Crippen molar-refractivity contribution in [3.63, 3.8) is 0 Å². The van der Waals surface area contributed by atoms with Crippen LogP contribution in [0.25, 0.3) is 5.69 Å². The highest BCUT2D eigenvalue weighted by Gasteiger charge is 2.14. The Kier molecular flexibility index (Phi) is 3.97. The van der Waals surface area contributed by atoms with Gasteiger partial charge in [-0.1, -0.05) is 13.8 Å². The van der Waals surface area contributed by atoms with Gasteiger partial charge in [0.25, 0.3) is 5.69 Å². The standard InChI is InChI=1S/C13H17N5O2/c1-4-12-15-13(5-2)17(16-12)10-6-9(14-3)7-11(8-10)18(19)20/h6-8,14H,4-5H2,1-3H3. The van der Waals surface area contributed by atoms with Crippen LogP contribution in [0.4, 0.5) is 11.4 Å². The molecule has 106 valence electrons. The van der Waals surface area contributed by atoms with Crippen LogP contribution in [0.2, 0.25) is 0 Å². The summed E-state index contributed by atoms with van der Waals surface area (Å²) in [6, 6.07) is 4.82. The van der Waals surface area contributed by atoms with Gasteiger partial charge in [0.1, 0.15) is 5.82 Å². The second kappa shape index (κ2) is 5.68. The lowest BCUT2D eigenvalue weighted by Gasteiger charge is -2.07. The van der Waals surface area contributed by atoms with E-state index in [-0.39, 0.29) is 5.69 Å². The van der Waals surface area contributed by atoms with E-state index in [1.807, 2.05) is 19.9 Å². The number of aryl methyl sites for hydroxylation is 2. The zero-order valence-corrected chi connectivity index (χ0v) is 11.8. The molecule has 0 amide bonds. The molecule has 2 rings (SSSR count). The molecule has 1 aromatic heterocycles. The Labute approximate surface area is 116 Å². The van der Waals surface area contributed by atoms with Gasteiger partial charge < -0.3 is 5.32 Å². The molecule has 0 saturated heterocycles. The lowest BCUT2D eigenvalue weighted by molar-refractivity contribution is -0.384. The van der Waals surface area contributed by atoms with Gasteiger partial charge in [0, 0.05) is 37.7 Å². The van der Waals surface area contributed by atoms with Crippen molar-refractivity contribution in [3.05, 3.63) is 40.0 Å². The van der Waals surface area contributed by atoms with E-state index in [2.05, 4.69) is 15.4 Å². The molecular weight excluding hydrogens is 258 g/mol. The average Bonchev–Trinajstić information content (AvgIpc) is 2.90. The number of anilines is 1. The van der Waals surface area contributed by atoms with E-state index in [0.717, 1.165) is 18.1 Å². The van der Waals surface area contributed by atoms with E-state index in [1.165, 1.54) is 12.1 Å². The highest BCUT2D eigenvalue weighted by Crippen LogP contribution is 2.23. The van der Waals surface area contributed by atoms with Crippen molar-refractivity contribution in [1.82, 2.24) is 14.8 Å². The Balaban J connectivity index is 2.59. The predicted molar refractivity (Wildman–Crippen MR) is 76.3 cm³/mol. The molecule has 1 heterocycles. The second-order valence-electron chi connectivity index (χ2n) is 4.31. The van der Waals surface area contributed by atoms with Crippen LogP contribution in [0.1, 0.15) is 25.5 Å². The molecular formula is C13H17N5O2. The molecule has 2 aromatic rings. The molecule has 0 saturated carbocycles. The quantitative estimate of drug-likeness (QED) is 0.668. The van der Waals surface area contributed by atoms with Crippen molar-refractivity contribution in [3.8, 4) is 5.69 Å². The van der Waals surface area contributed by atoms with E-state index < -0.39 is 4.92 Å². The van der Waals surface area contributed by atoms with Crippen LogP contribution < -0.4 is 5.32 Å². The second-order valence-corrected chi connectivity index (χ2v) is 4.31. The third-order valence-electron chi connectivity index (χ3n) is 3.00. The summed E-state index contributed by atoms with van der Waals surface area (Å²) in [6.45, 7) is 3.96. The maximum Gasteiger partial charge on any atom is 0.273 e. The Morgan fingerprint density at radius 3 is 2.60 bits per heavy atom. The maximum atomic E-state index is 11.0. The third-order valence-corrected chi connectivity index (χ3v) is 3.00. The number of nitro groups is 1. The van der Waals surface area contributed by atoms with Crippen LogP contribution in [-0.4, -0.2) is 26.7 Å². The Morgan fingerprint density at radius 2 is 2.05 bits per heavy atom. The average molecular weight is 275 g/mol. The minimum Gasteiger partial charge on any atom is -0.388 e. The highest BCUT2D eigenvalue weighted by molar-refractivity contribution is 5.58. The van der Waals surface area contributed by atoms with Gasteiger partial charge >= 0.3 is 0 Å². The topological polar surface area (TPSA) is 85.9 Å². The van der Waals surface area contributed by atoms with E-state index in [0.29, 0.717) is 17.8 Å². The number of aromatic nitrogens is 3. The molecule has 7 heteroatoms. The largest absolute Gasteiger partial charge is 0.388 e. The van der Waals surface area contributed by atoms with Gasteiger partial charge in [-0.05, 0) is 6.07 Å². The van der Waals surface area contributed by atoms with Gasteiger partial charge in [0.05, 0.1) is 10.6 Å². The van der Waals surface area contributed by atoms with Gasteiger partial charge in [-0.15, -0.1) is 0 Å². The number of hydrogen-bond acceptors (Lipinski definition) is 5. The van der Waals surface area contributed by atoms with Crippen LogP contribution in [0.15, 0.2) is 18.2 Å². The minimum atomic E-state index is -0.409. The SMILES string of the molecule is CCc1nc(CC)n(-c2cc(NC)cc([N+](=O)[O-])c2)n1. The number of nitrogens with one attached hydrogen (secondary N) is 1. The zero-order valence-electron chi connectivity index (χ0n) is 11.8. The van der Waals surface area contributed by atoms with Crippen LogP contribution in [0.3, 0.4) is 0 Å². The van der Waals surface area contributed by atoms with E-state index in [1.54, 1.807) is 11.7 Å². The minimum absolute atomic E-state index is 0.0300. The Morgan fingerprint density at radius 1 is 1.30 bits per heavy atom. The van der Waals surface area contributed by atoms with Crippen LogP contribution in [-0.2, 0) is 12.8 Å². The summed E-state index contributed by atoms with van der Waals surface area (Å²) in [4.78, 5) is 15.0. The molecule has 0 aliphatic heterocycles. The van der Waals surface area contributed by atoms with Crippen LogP contribution >= 0.6 is 0 Å². The molecule has 0 spiro atoms. The summed E-state index contributed by atoms with van der Waals surface area (Å²) >= 11 is 0. The summed E-state index contributed by atoms with van der Waals surface area (Å²) in [5.41, 5.74) is 1.35. The normalized spacial score (nSPS) is 10.6. The number of hydrogen-bond donors (Lipinski definition) is 1. The van der Waals surface area contributed by atoms with E-state index in [4.69, 9.17) is 0 Å². The van der Waals surface area contributed by atoms with E-state index in [9.17, 15) is 10.1 Å².